The molecule has 0 bridgehead atoms. The second kappa shape index (κ2) is 15.2. The van der Waals surface area contributed by atoms with Gasteiger partial charge in [-0.1, -0.05) is 5.21 Å². The molecule has 2 rings (SSSR count). The van der Waals surface area contributed by atoms with Gasteiger partial charge in [0, 0.05) is 33.8 Å². The Morgan fingerprint density at radius 3 is 2.12 bits per heavy atom. The number of carbonyl (C=O) groups is 6. The van der Waals surface area contributed by atoms with E-state index in [1.807, 2.05) is 0 Å². The Balaban J connectivity index is 2.46. The van der Waals surface area contributed by atoms with E-state index in [-0.39, 0.29) is 13.0 Å². The lowest BCUT2D eigenvalue weighted by molar-refractivity contribution is -0.265. The van der Waals surface area contributed by atoms with Crippen molar-refractivity contribution in [2.24, 2.45) is 0 Å². The highest BCUT2D eigenvalue weighted by Gasteiger charge is 2.56. The number of nitrogens with zero attached hydrogens (tertiary/aromatic N) is 3. The van der Waals surface area contributed by atoms with Crippen LogP contribution in [-0.4, -0.2) is 112 Å². The standard InChI is InChI=1S/C25H36N4O14/c1-12(31)39-17-18(40-13(2)32)20(23(35)38-11-16(22(34)37-7)26-24(36)43-25(4,5)6)42-21(19(17)41-14(3)33)29-10-15(8-9-30)27-28-29/h10,16-21,30H,8-9,11H2,1-7H3,(H,26,36)/t16-,17-,18-,19+,20-,21+/m0/s1. The van der Waals surface area contributed by atoms with Gasteiger partial charge in [0.05, 0.1) is 19.0 Å². The summed E-state index contributed by atoms with van der Waals surface area (Å²) >= 11 is 0. The number of ether oxygens (including phenoxy) is 7. The van der Waals surface area contributed by atoms with Crippen LogP contribution < -0.4 is 5.32 Å². The van der Waals surface area contributed by atoms with Gasteiger partial charge in [-0.15, -0.1) is 5.10 Å². The van der Waals surface area contributed by atoms with Crippen LogP contribution in [0.2, 0.25) is 0 Å². The Hall–Kier alpha value is -4.32. The van der Waals surface area contributed by atoms with Crippen LogP contribution in [0.3, 0.4) is 0 Å². The van der Waals surface area contributed by atoms with Gasteiger partial charge < -0.3 is 43.6 Å². The van der Waals surface area contributed by atoms with E-state index in [9.17, 15) is 33.9 Å². The number of aromatic nitrogens is 3. The minimum absolute atomic E-state index is 0.0967. The summed E-state index contributed by atoms with van der Waals surface area (Å²) < 4.78 is 38.0. The summed E-state index contributed by atoms with van der Waals surface area (Å²) in [5.74, 6) is -4.87. The largest absolute Gasteiger partial charge is 0.467 e. The smallest absolute Gasteiger partial charge is 0.408 e. The molecular weight excluding hydrogens is 580 g/mol. The number of nitrogens with one attached hydrogen (secondary N) is 1. The van der Waals surface area contributed by atoms with Crippen molar-refractivity contribution < 1.29 is 67.0 Å². The highest BCUT2D eigenvalue weighted by Crippen LogP contribution is 2.34. The zero-order valence-corrected chi connectivity index (χ0v) is 24.8. The van der Waals surface area contributed by atoms with Gasteiger partial charge in [0.1, 0.15) is 12.2 Å². The third-order valence-corrected chi connectivity index (χ3v) is 5.41. The van der Waals surface area contributed by atoms with Crippen molar-refractivity contribution in [3.05, 3.63) is 11.9 Å². The van der Waals surface area contributed by atoms with E-state index in [0.29, 0.717) is 5.69 Å². The number of amides is 1. The lowest BCUT2D eigenvalue weighted by Gasteiger charge is -2.43. The highest BCUT2D eigenvalue weighted by atomic mass is 16.7. The normalized spacial score (nSPS) is 22.4. The highest BCUT2D eigenvalue weighted by molar-refractivity contribution is 5.82. The molecule has 18 heteroatoms. The van der Waals surface area contributed by atoms with E-state index in [4.69, 9.17) is 28.4 Å². The number of esters is 5. The lowest BCUT2D eigenvalue weighted by atomic mass is 9.96. The molecule has 0 unspecified atom stereocenters. The Morgan fingerprint density at radius 2 is 1.58 bits per heavy atom. The molecule has 1 aliphatic heterocycles. The molecule has 240 valence electrons. The molecule has 43 heavy (non-hydrogen) atoms. The van der Waals surface area contributed by atoms with E-state index in [0.717, 1.165) is 32.6 Å². The molecule has 6 atom stereocenters. The van der Waals surface area contributed by atoms with Gasteiger partial charge >= 0.3 is 35.9 Å². The number of hydrogen-bond acceptors (Lipinski definition) is 16. The summed E-state index contributed by atoms with van der Waals surface area (Å²) in [7, 11) is 1.04. The van der Waals surface area contributed by atoms with Crippen LogP contribution >= 0.6 is 0 Å². The third-order valence-electron chi connectivity index (χ3n) is 5.41. The SMILES string of the molecule is COC(=O)[C@H](COC(=O)[C@H]1O[C@@H](n2cc(CCO)nn2)[C@H](OC(C)=O)[C@@H](OC(C)=O)[C@@H]1OC(C)=O)NC(=O)OC(C)(C)C. The second-order valence-electron chi connectivity index (χ2n) is 10.2. The predicted octanol–water partition coefficient (Wildman–Crippen LogP) is -0.885. The van der Waals surface area contributed by atoms with Crippen LogP contribution in [0.15, 0.2) is 6.20 Å². The van der Waals surface area contributed by atoms with Crippen LogP contribution in [0.5, 0.6) is 0 Å². The first-order chi connectivity index (χ1) is 20.1. The summed E-state index contributed by atoms with van der Waals surface area (Å²) in [6.07, 6.45) is -7.78. The number of aliphatic hydroxyl groups excluding tert-OH is 1. The zero-order valence-electron chi connectivity index (χ0n) is 24.8. The molecule has 1 saturated heterocycles. The fraction of sp³-hybridized carbons (Fsp3) is 0.680. The zero-order chi connectivity index (χ0) is 32.5. The first kappa shape index (κ1) is 34.9. The molecule has 0 aromatic carbocycles. The van der Waals surface area contributed by atoms with Crippen molar-refractivity contribution in [3.63, 3.8) is 0 Å². The fourth-order valence-electron chi connectivity index (χ4n) is 3.87. The maximum absolute atomic E-state index is 13.4. The summed E-state index contributed by atoms with van der Waals surface area (Å²) in [6.45, 7) is 6.84. The molecule has 1 aromatic rings. The van der Waals surface area contributed by atoms with Crippen LogP contribution in [0, 0.1) is 0 Å². The van der Waals surface area contributed by atoms with E-state index in [1.165, 1.54) is 6.20 Å². The molecule has 2 heterocycles. The first-order valence-corrected chi connectivity index (χ1v) is 13.0. The molecular formula is C25H36N4O14. The van der Waals surface area contributed by atoms with Crippen molar-refractivity contribution in [2.45, 2.75) is 90.2 Å². The number of carbonyl (C=O) groups excluding carboxylic acids is 6. The third kappa shape index (κ3) is 10.5. The average molecular weight is 617 g/mol. The molecule has 0 aliphatic carbocycles. The summed E-state index contributed by atoms with van der Waals surface area (Å²) in [5, 5.41) is 19.2. The quantitative estimate of drug-likeness (QED) is 0.227. The Bertz CT molecular complexity index is 1180. The number of aliphatic hydroxyl groups is 1. The Kier molecular flexibility index (Phi) is 12.4. The van der Waals surface area contributed by atoms with Gasteiger partial charge in [0.15, 0.2) is 36.7 Å². The molecule has 1 aliphatic rings. The minimum Gasteiger partial charge on any atom is -0.467 e. The Labute approximate surface area is 246 Å². The van der Waals surface area contributed by atoms with Gasteiger partial charge in [-0.25, -0.2) is 19.1 Å². The van der Waals surface area contributed by atoms with Gasteiger partial charge in [0.25, 0.3) is 0 Å². The van der Waals surface area contributed by atoms with Crippen LogP contribution in [0.1, 0.15) is 53.5 Å². The maximum atomic E-state index is 13.4. The number of alkyl carbamates (subject to hydrolysis) is 1. The van der Waals surface area contributed by atoms with Crippen molar-refractivity contribution in [3.8, 4) is 0 Å². The first-order valence-electron chi connectivity index (χ1n) is 13.0. The molecule has 0 saturated carbocycles. The molecule has 1 fully saturated rings. The minimum atomic E-state index is -1.85. The van der Waals surface area contributed by atoms with Gasteiger partial charge in [-0.05, 0) is 20.8 Å². The second-order valence-corrected chi connectivity index (χ2v) is 10.2. The molecule has 0 spiro atoms. The van der Waals surface area contributed by atoms with Crippen molar-refractivity contribution in [2.75, 3.05) is 20.3 Å². The summed E-state index contributed by atoms with van der Waals surface area (Å²) in [6, 6.07) is -1.52. The van der Waals surface area contributed by atoms with Crippen LogP contribution in [0.4, 0.5) is 4.79 Å². The summed E-state index contributed by atoms with van der Waals surface area (Å²) in [4.78, 5) is 74.1. The van der Waals surface area contributed by atoms with E-state index >= 15 is 0 Å². The van der Waals surface area contributed by atoms with Crippen molar-refractivity contribution in [1.29, 1.82) is 0 Å². The number of hydrogen-bond donors (Lipinski definition) is 2. The number of methoxy groups -OCH3 is 1. The summed E-state index contributed by atoms with van der Waals surface area (Å²) in [5.41, 5.74) is -0.612. The van der Waals surface area contributed by atoms with Gasteiger partial charge in [-0.2, -0.15) is 0 Å². The van der Waals surface area contributed by atoms with Crippen molar-refractivity contribution in [1.82, 2.24) is 20.3 Å². The molecule has 2 N–H and O–H groups in total. The topological polar surface area (TPSA) is 230 Å². The van der Waals surface area contributed by atoms with E-state index < -0.39 is 84.8 Å². The fourth-order valence-corrected chi connectivity index (χ4v) is 3.87. The van der Waals surface area contributed by atoms with E-state index in [2.05, 4.69) is 20.4 Å². The lowest BCUT2D eigenvalue weighted by Crippen LogP contribution is -2.62. The number of rotatable bonds is 11. The van der Waals surface area contributed by atoms with Crippen molar-refractivity contribution >= 4 is 35.9 Å². The van der Waals surface area contributed by atoms with Gasteiger partial charge in [-0.3, -0.25) is 14.4 Å². The molecule has 1 aromatic heterocycles. The van der Waals surface area contributed by atoms with Crippen LogP contribution in [0.25, 0.3) is 0 Å². The Morgan fingerprint density at radius 1 is 1.00 bits per heavy atom. The molecule has 0 radical (unpaired) electrons. The predicted molar refractivity (Wildman–Crippen MR) is 138 cm³/mol. The maximum Gasteiger partial charge on any atom is 0.408 e. The molecule has 1 amide bonds. The monoisotopic (exact) mass is 616 g/mol. The van der Waals surface area contributed by atoms with Crippen LogP contribution in [-0.2, 0) is 63.6 Å². The average Bonchev–Trinajstić information content (AvgIpc) is 3.34. The van der Waals surface area contributed by atoms with E-state index in [1.54, 1.807) is 20.8 Å². The molecule has 18 nitrogen and oxygen atoms in total. The van der Waals surface area contributed by atoms with Gasteiger partial charge in [0.2, 0.25) is 0 Å².